The van der Waals surface area contributed by atoms with E-state index in [0.29, 0.717) is 23.1 Å². The highest BCUT2D eigenvalue weighted by Gasteiger charge is 2.33. The summed E-state index contributed by atoms with van der Waals surface area (Å²) in [5, 5.41) is 14.3. The molecule has 2 aliphatic rings. The zero-order valence-electron chi connectivity index (χ0n) is 18.6. The summed E-state index contributed by atoms with van der Waals surface area (Å²) in [4.78, 5) is 14.7. The van der Waals surface area contributed by atoms with Gasteiger partial charge in [0.2, 0.25) is 5.95 Å². The molecule has 5 N–H and O–H groups in total. The van der Waals surface area contributed by atoms with Crippen molar-refractivity contribution in [2.75, 3.05) is 32.5 Å². The lowest BCUT2D eigenvalue weighted by Crippen LogP contribution is -2.39. The second-order valence-corrected chi connectivity index (χ2v) is 8.30. The van der Waals surface area contributed by atoms with Crippen LogP contribution in [-0.4, -0.2) is 68.1 Å². The van der Waals surface area contributed by atoms with Gasteiger partial charge < -0.3 is 26.2 Å². The van der Waals surface area contributed by atoms with Crippen molar-refractivity contribution in [1.82, 2.24) is 24.5 Å². The van der Waals surface area contributed by atoms with Crippen molar-refractivity contribution in [3.05, 3.63) is 36.2 Å². The summed E-state index contributed by atoms with van der Waals surface area (Å²) in [5.74, 6) is -0.164. The molecular formula is C22H29FN8O2. The molecule has 11 heteroatoms. The van der Waals surface area contributed by atoms with E-state index in [4.69, 9.17) is 16.2 Å². The van der Waals surface area contributed by atoms with Gasteiger partial charge in [0.1, 0.15) is 6.33 Å². The quantitative estimate of drug-likeness (QED) is 0.494. The predicted octanol–water partition coefficient (Wildman–Crippen LogP) is 1.88. The third-order valence-electron chi connectivity index (χ3n) is 6.05. The van der Waals surface area contributed by atoms with E-state index in [0.717, 1.165) is 38.0 Å². The van der Waals surface area contributed by atoms with Crippen LogP contribution in [0, 0.1) is 5.82 Å². The summed E-state index contributed by atoms with van der Waals surface area (Å²) in [6.45, 7) is 2.65. The Labute approximate surface area is 190 Å². The summed E-state index contributed by atoms with van der Waals surface area (Å²) in [5.41, 5.74) is 12.7. The molecule has 1 saturated heterocycles. The number of nitrogens with zero attached hydrogens (tertiary/aromatic N) is 6. The highest BCUT2D eigenvalue weighted by Crippen LogP contribution is 2.31. The van der Waals surface area contributed by atoms with Gasteiger partial charge in [-0.3, -0.25) is 4.99 Å². The maximum Gasteiger partial charge on any atom is 0.223 e. The summed E-state index contributed by atoms with van der Waals surface area (Å²) >= 11 is 0. The van der Waals surface area contributed by atoms with Crippen molar-refractivity contribution in [2.45, 2.75) is 37.7 Å². The number of ether oxygens (including phenoxy) is 1. The number of allylic oxidation sites excluding steroid dienone is 1. The summed E-state index contributed by atoms with van der Waals surface area (Å²) in [7, 11) is 1.39. The molecule has 3 heterocycles. The molecule has 33 heavy (non-hydrogen) atoms. The van der Waals surface area contributed by atoms with Crippen LogP contribution < -0.4 is 16.2 Å². The van der Waals surface area contributed by atoms with Gasteiger partial charge in [0, 0.05) is 37.0 Å². The molecule has 0 spiro atoms. The number of aliphatic hydroxyl groups is 1. The van der Waals surface area contributed by atoms with Gasteiger partial charge in [-0.15, -0.1) is 0 Å². The molecule has 1 aliphatic heterocycles. The molecule has 2 aromatic heterocycles. The van der Waals surface area contributed by atoms with Gasteiger partial charge >= 0.3 is 0 Å². The Morgan fingerprint density at radius 3 is 2.70 bits per heavy atom. The third kappa shape index (κ3) is 4.82. The van der Waals surface area contributed by atoms with Crippen LogP contribution in [0.25, 0.3) is 16.6 Å². The first kappa shape index (κ1) is 22.7. The van der Waals surface area contributed by atoms with Crippen LogP contribution in [0.15, 0.2) is 35.3 Å². The average molecular weight is 457 g/mol. The minimum absolute atomic E-state index is 0.119. The normalized spacial score (nSPS) is 17.9. The fourth-order valence-corrected chi connectivity index (χ4v) is 3.99. The first-order valence-electron chi connectivity index (χ1n) is 11.0. The van der Waals surface area contributed by atoms with Gasteiger partial charge in [-0.05, 0) is 38.2 Å². The summed E-state index contributed by atoms with van der Waals surface area (Å²) in [6, 6.07) is 2.79. The lowest BCUT2D eigenvalue weighted by Gasteiger charge is -2.34. The Balaban J connectivity index is 0.000000157. The van der Waals surface area contributed by atoms with Crippen molar-refractivity contribution in [2.24, 2.45) is 10.7 Å². The SMILES string of the molecule is COc1cc2nc(N)n3ncnc3c2cc1F.N/C=C(\C=NCC1(O)CCC1)N1CCCC1. The molecular weight excluding hydrogens is 427 g/mol. The van der Waals surface area contributed by atoms with E-state index in [9.17, 15) is 9.50 Å². The molecule has 1 aliphatic carbocycles. The fourth-order valence-electron chi connectivity index (χ4n) is 3.99. The molecule has 0 atom stereocenters. The van der Waals surface area contributed by atoms with E-state index in [2.05, 4.69) is 25.0 Å². The minimum Gasteiger partial charge on any atom is -0.494 e. The van der Waals surface area contributed by atoms with Gasteiger partial charge in [0.25, 0.3) is 0 Å². The topological polar surface area (TPSA) is 140 Å². The van der Waals surface area contributed by atoms with Crippen molar-refractivity contribution in [3.63, 3.8) is 0 Å². The standard InChI is InChI=1S/C12H21N3O.C10H8FN5O/c13-8-11(15-6-1-2-7-15)9-14-10-12(16)4-3-5-12;1-17-8-3-7-5(2-6(8)11)9-13-4-14-16(9)10(12)15-7/h8-9,16H,1-7,10,13H2;2-4H,1H3,(H2,12,15)/b11-8+,14-9?;. The van der Waals surface area contributed by atoms with Gasteiger partial charge in [0.05, 0.1) is 30.5 Å². The molecule has 3 aromatic rings. The average Bonchev–Trinajstić information content (AvgIpc) is 3.49. The fraction of sp³-hybridized carbons (Fsp3) is 0.455. The highest BCUT2D eigenvalue weighted by molar-refractivity contribution is 5.93. The number of aliphatic imine (C=N–C) groups is 1. The Hall–Kier alpha value is -3.47. The van der Waals surface area contributed by atoms with Crippen LogP contribution in [0.1, 0.15) is 32.1 Å². The van der Waals surface area contributed by atoms with Crippen LogP contribution in [0.4, 0.5) is 10.3 Å². The van der Waals surface area contributed by atoms with Gasteiger partial charge in [-0.1, -0.05) is 0 Å². The molecule has 0 radical (unpaired) electrons. The predicted molar refractivity (Wildman–Crippen MR) is 124 cm³/mol. The lowest BCUT2D eigenvalue weighted by atomic mass is 9.80. The second-order valence-electron chi connectivity index (χ2n) is 8.30. The number of nitrogens with two attached hydrogens (primary N) is 2. The summed E-state index contributed by atoms with van der Waals surface area (Å²) in [6.07, 6.45) is 10.1. The number of hydrogen-bond acceptors (Lipinski definition) is 9. The Bertz CT molecular complexity index is 1180. The number of anilines is 1. The van der Waals surface area contributed by atoms with Crippen LogP contribution in [0.2, 0.25) is 0 Å². The molecule has 0 unspecified atom stereocenters. The minimum atomic E-state index is -0.527. The van der Waals surface area contributed by atoms with Crippen molar-refractivity contribution in [3.8, 4) is 5.75 Å². The highest BCUT2D eigenvalue weighted by atomic mass is 19.1. The molecule has 1 aromatic carbocycles. The smallest absolute Gasteiger partial charge is 0.223 e. The van der Waals surface area contributed by atoms with Crippen molar-refractivity contribution >= 4 is 28.7 Å². The number of benzene rings is 1. The molecule has 10 nitrogen and oxygen atoms in total. The van der Waals surface area contributed by atoms with E-state index in [1.165, 1.54) is 42.9 Å². The molecule has 0 bridgehead atoms. The number of methoxy groups -OCH3 is 1. The second kappa shape index (κ2) is 9.57. The Morgan fingerprint density at radius 2 is 2.06 bits per heavy atom. The molecule has 176 valence electrons. The van der Waals surface area contributed by atoms with Gasteiger partial charge in [-0.25, -0.2) is 14.4 Å². The Morgan fingerprint density at radius 1 is 1.30 bits per heavy atom. The van der Waals surface area contributed by atoms with E-state index >= 15 is 0 Å². The number of halogens is 1. The summed E-state index contributed by atoms with van der Waals surface area (Å²) < 4.78 is 19.9. The van der Waals surface area contributed by atoms with Crippen LogP contribution in [0.3, 0.4) is 0 Å². The maximum absolute atomic E-state index is 13.6. The number of rotatable bonds is 5. The molecule has 1 saturated carbocycles. The maximum atomic E-state index is 13.6. The number of nitrogen functional groups attached to an aromatic ring is 1. The lowest BCUT2D eigenvalue weighted by molar-refractivity contribution is -0.0234. The number of fused-ring (bicyclic) bond motifs is 3. The monoisotopic (exact) mass is 456 g/mol. The number of likely N-dealkylation sites (tertiary alicyclic amines) is 1. The van der Waals surface area contributed by atoms with Crippen LogP contribution in [-0.2, 0) is 0 Å². The number of aromatic nitrogens is 4. The molecule has 5 rings (SSSR count). The van der Waals surface area contributed by atoms with E-state index in [1.54, 1.807) is 6.20 Å². The first-order chi connectivity index (χ1) is 15.9. The molecule has 2 fully saturated rings. The van der Waals surface area contributed by atoms with Gasteiger partial charge in [-0.2, -0.15) is 9.61 Å². The zero-order chi connectivity index (χ0) is 23.4. The van der Waals surface area contributed by atoms with E-state index < -0.39 is 11.4 Å². The zero-order valence-corrected chi connectivity index (χ0v) is 18.6. The van der Waals surface area contributed by atoms with Crippen molar-refractivity contribution in [1.29, 1.82) is 0 Å². The van der Waals surface area contributed by atoms with Crippen LogP contribution >= 0.6 is 0 Å². The first-order valence-corrected chi connectivity index (χ1v) is 11.0. The largest absolute Gasteiger partial charge is 0.494 e. The Kier molecular flexibility index (Phi) is 6.59. The van der Waals surface area contributed by atoms with Crippen molar-refractivity contribution < 1.29 is 14.2 Å². The third-order valence-corrected chi connectivity index (χ3v) is 6.05. The van der Waals surface area contributed by atoms with Crippen LogP contribution in [0.5, 0.6) is 5.75 Å². The molecule has 0 amide bonds. The van der Waals surface area contributed by atoms with E-state index in [-0.39, 0.29) is 11.7 Å². The van der Waals surface area contributed by atoms with E-state index in [1.807, 2.05) is 6.21 Å². The number of hydrogen-bond donors (Lipinski definition) is 3. The van der Waals surface area contributed by atoms with Gasteiger partial charge in [0.15, 0.2) is 17.2 Å².